The number of carbonyl (C=O) groups excluding carboxylic acids is 2. The molecule has 0 spiro atoms. The fraction of sp³-hybridized carbons (Fsp3) is 0.543. The second-order valence-electron chi connectivity index (χ2n) is 12.7. The first-order valence-corrected chi connectivity index (χ1v) is 16.4. The van der Waals surface area contributed by atoms with E-state index < -0.39 is 0 Å². The first-order chi connectivity index (χ1) is 19.7. The minimum atomic E-state index is -0.0408. The second kappa shape index (κ2) is 15.1. The maximum atomic E-state index is 13.7. The van der Waals surface area contributed by atoms with Crippen LogP contribution in [0.4, 0.5) is 0 Å². The summed E-state index contributed by atoms with van der Waals surface area (Å²) in [5.74, 6) is 1.37. The van der Waals surface area contributed by atoms with Gasteiger partial charge in [-0.25, -0.2) is 0 Å². The number of fused-ring (bicyclic) bond motifs is 1. The Kier molecular flexibility index (Phi) is 11.5. The summed E-state index contributed by atoms with van der Waals surface area (Å²) in [6.07, 6.45) is 7.60. The van der Waals surface area contributed by atoms with E-state index in [2.05, 4.69) is 74.0 Å². The fourth-order valence-electron chi connectivity index (χ4n) is 6.15. The SMILES string of the molecule is Cc1cccc(CN2C(=O)/C(=C\c3ccc(C(=O)NCCCN(CC(C)C)CC(C)C)cc3)SC3CCCCC32)c1. The van der Waals surface area contributed by atoms with E-state index in [4.69, 9.17) is 0 Å². The Morgan fingerprint density at radius 1 is 1.05 bits per heavy atom. The van der Waals surface area contributed by atoms with E-state index >= 15 is 0 Å². The van der Waals surface area contributed by atoms with Crippen molar-refractivity contribution in [2.24, 2.45) is 11.8 Å². The molecule has 4 rings (SSSR count). The molecule has 41 heavy (non-hydrogen) atoms. The van der Waals surface area contributed by atoms with Gasteiger partial charge in [-0.05, 0) is 73.9 Å². The lowest BCUT2D eigenvalue weighted by Gasteiger charge is -2.44. The standard InChI is InChI=1S/C35H49N3O2S/c1-25(2)22-37(23-26(3)4)19-9-18-36-34(39)30-16-14-28(15-17-30)21-33-35(40)38(24-29-11-8-10-27(5)20-29)31-12-6-7-13-32(31)41-33/h8,10-11,14-17,20-21,25-26,31-32H,6-7,9,12-13,18-19,22-24H2,1-5H3,(H,36,39)/b33-21+. The molecule has 0 bridgehead atoms. The summed E-state index contributed by atoms with van der Waals surface area (Å²) < 4.78 is 0. The van der Waals surface area contributed by atoms with E-state index in [0.717, 1.165) is 49.4 Å². The van der Waals surface area contributed by atoms with Gasteiger partial charge in [-0.2, -0.15) is 0 Å². The zero-order valence-electron chi connectivity index (χ0n) is 25.7. The molecule has 1 aliphatic heterocycles. The Morgan fingerprint density at radius 2 is 1.76 bits per heavy atom. The van der Waals surface area contributed by atoms with Gasteiger partial charge in [-0.3, -0.25) is 9.59 Å². The van der Waals surface area contributed by atoms with Crippen LogP contribution in [0.3, 0.4) is 0 Å². The van der Waals surface area contributed by atoms with Crippen LogP contribution in [-0.4, -0.2) is 59.1 Å². The number of nitrogens with zero attached hydrogens (tertiary/aromatic N) is 2. The van der Waals surface area contributed by atoms with Gasteiger partial charge < -0.3 is 15.1 Å². The lowest BCUT2D eigenvalue weighted by atomic mass is 9.92. The average Bonchev–Trinajstić information content (AvgIpc) is 2.93. The van der Waals surface area contributed by atoms with Crippen molar-refractivity contribution in [1.82, 2.24) is 15.1 Å². The Bertz CT molecular complexity index is 1180. The van der Waals surface area contributed by atoms with Crippen molar-refractivity contribution in [3.05, 3.63) is 75.7 Å². The molecule has 0 aromatic heterocycles. The summed E-state index contributed by atoms with van der Waals surface area (Å²) in [5, 5.41) is 3.53. The van der Waals surface area contributed by atoms with Crippen LogP contribution in [0.1, 0.15) is 86.8 Å². The van der Waals surface area contributed by atoms with Crippen molar-refractivity contribution in [2.75, 3.05) is 26.2 Å². The molecule has 2 aliphatic rings. The monoisotopic (exact) mass is 575 g/mol. The highest BCUT2D eigenvalue weighted by Crippen LogP contribution is 2.42. The van der Waals surface area contributed by atoms with E-state index in [0.29, 0.717) is 41.8 Å². The number of benzene rings is 2. The molecule has 6 heteroatoms. The molecule has 2 atom stereocenters. The van der Waals surface area contributed by atoms with Gasteiger partial charge in [0.05, 0.1) is 4.91 Å². The predicted molar refractivity (Wildman–Crippen MR) is 173 cm³/mol. The molecule has 2 fully saturated rings. The molecule has 1 saturated heterocycles. The Balaban J connectivity index is 1.36. The summed E-state index contributed by atoms with van der Waals surface area (Å²) in [4.78, 5) is 32.0. The normalized spacial score (nSPS) is 20.2. The summed E-state index contributed by atoms with van der Waals surface area (Å²) >= 11 is 1.76. The third-order valence-corrected chi connectivity index (χ3v) is 9.31. The van der Waals surface area contributed by atoms with Crippen molar-refractivity contribution in [1.29, 1.82) is 0 Å². The largest absolute Gasteiger partial charge is 0.352 e. The lowest BCUT2D eigenvalue weighted by Crippen LogP contribution is -2.50. The number of amides is 2. The first kappa shape index (κ1) is 31.4. The predicted octanol–water partition coefficient (Wildman–Crippen LogP) is 7.16. The van der Waals surface area contributed by atoms with Crippen LogP contribution in [0.25, 0.3) is 6.08 Å². The van der Waals surface area contributed by atoms with Gasteiger partial charge in [-0.1, -0.05) is 82.5 Å². The molecule has 1 saturated carbocycles. The lowest BCUT2D eigenvalue weighted by molar-refractivity contribution is -0.130. The van der Waals surface area contributed by atoms with E-state index in [1.807, 2.05) is 30.3 Å². The molecule has 0 radical (unpaired) electrons. The molecule has 1 N–H and O–H groups in total. The molecule has 1 aliphatic carbocycles. The minimum absolute atomic E-state index is 0.0408. The smallest absolute Gasteiger partial charge is 0.260 e. The molecule has 2 aromatic carbocycles. The quantitative estimate of drug-likeness (QED) is 0.216. The van der Waals surface area contributed by atoms with Crippen LogP contribution in [0.15, 0.2) is 53.4 Å². The number of nitrogens with one attached hydrogen (secondary N) is 1. The number of aryl methyl sites for hydroxylation is 1. The average molecular weight is 576 g/mol. The summed E-state index contributed by atoms with van der Waals surface area (Å²) in [7, 11) is 0. The van der Waals surface area contributed by atoms with Crippen molar-refractivity contribution in [3.63, 3.8) is 0 Å². The number of carbonyl (C=O) groups is 2. The highest BCUT2D eigenvalue weighted by Gasteiger charge is 2.40. The van der Waals surface area contributed by atoms with Crippen molar-refractivity contribution >= 4 is 29.7 Å². The van der Waals surface area contributed by atoms with Crippen molar-refractivity contribution < 1.29 is 9.59 Å². The topological polar surface area (TPSA) is 52.7 Å². The maximum Gasteiger partial charge on any atom is 0.260 e. The van der Waals surface area contributed by atoms with Gasteiger partial charge in [0, 0.05) is 43.0 Å². The minimum Gasteiger partial charge on any atom is -0.352 e. The molecule has 5 nitrogen and oxygen atoms in total. The summed E-state index contributed by atoms with van der Waals surface area (Å²) in [6.45, 7) is 15.6. The van der Waals surface area contributed by atoms with Crippen LogP contribution in [0.2, 0.25) is 0 Å². The van der Waals surface area contributed by atoms with Crippen LogP contribution < -0.4 is 5.32 Å². The Morgan fingerprint density at radius 3 is 2.44 bits per heavy atom. The van der Waals surface area contributed by atoms with Crippen LogP contribution in [-0.2, 0) is 11.3 Å². The van der Waals surface area contributed by atoms with Gasteiger partial charge in [0.15, 0.2) is 0 Å². The molecule has 2 unspecified atom stereocenters. The van der Waals surface area contributed by atoms with Crippen LogP contribution >= 0.6 is 11.8 Å². The Labute approximate surface area is 252 Å². The van der Waals surface area contributed by atoms with E-state index in [9.17, 15) is 9.59 Å². The Hall–Kier alpha value is -2.57. The molecular weight excluding hydrogens is 526 g/mol. The van der Waals surface area contributed by atoms with Crippen molar-refractivity contribution in [3.8, 4) is 0 Å². The van der Waals surface area contributed by atoms with Crippen LogP contribution in [0.5, 0.6) is 0 Å². The van der Waals surface area contributed by atoms with E-state index in [-0.39, 0.29) is 11.8 Å². The van der Waals surface area contributed by atoms with Crippen LogP contribution in [0, 0.1) is 18.8 Å². The number of hydrogen-bond donors (Lipinski definition) is 1. The second-order valence-corrected chi connectivity index (χ2v) is 14.0. The molecule has 2 aromatic rings. The first-order valence-electron chi connectivity index (χ1n) is 15.5. The van der Waals surface area contributed by atoms with E-state index in [1.54, 1.807) is 11.8 Å². The van der Waals surface area contributed by atoms with Gasteiger partial charge in [0.25, 0.3) is 11.8 Å². The van der Waals surface area contributed by atoms with Gasteiger partial charge >= 0.3 is 0 Å². The molecule has 222 valence electrons. The number of rotatable bonds is 12. The molecular formula is C35H49N3O2S. The van der Waals surface area contributed by atoms with Gasteiger partial charge in [0.2, 0.25) is 0 Å². The summed E-state index contributed by atoms with van der Waals surface area (Å²) in [6, 6.07) is 16.5. The number of hydrogen-bond acceptors (Lipinski definition) is 4. The highest BCUT2D eigenvalue weighted by molar-refractivity contribution is 8.04. The zero-order valence-corrected chi connectivity index (χ0v) is 26.5. The van der Waals surface area contributed by atoms with Gasteiger partial charge in [-0.15, -0.1) is 11.8 Å². The third kappa shape index (κ3) is 9.21. The zero-order chi connectivity index (χ0) is 29.4. The van der Waals surface area contributed by atoms with E-state index in [1.165, 1.54) is 24.0 Å². The number of thioether (sulfide) groups is 1. The molecule has 1 heterocycles. The maximum absolute atomic E-state index is 13.7. The van der Waals surface area contributed by atoms with Gasteiger partial charge in [0.1, 0.15) is 0 Å². The molecule has 2 amide bonds. The fourth-order valence-corrected chi connectivity index (χ4v) is 7.62. The van der Waals surface area contributed by atoms with Crippen molar-refractivity contribution in [2.45, 2.75) is 84.6 Å². The summed E-state index contributed by atoms with van der Waals surface area (Å²) in [5.41, 5.74) is 4.03. The third-order valence-electron chi connectivity index (χ3n) is 7.91. The highest BCUT2D eigenvalue weighted by atomic mass is 32.2.